The summed E-state index contributed by atoms with van der Waals surface area (Å²) >= 11 is 0. The van der Waals surface area contributed by atoms with E-state index in [1.165, 1.54) is 18.2 Å². The van der Waals surface area contributed by atoms with Crippen molar-refractivity contribution in [1.82, 2.24) is 0 Å². The fourth-order valence-corrected chi connectivity index (χ4v) is 3.70. The van der Waals surface area contributed by atoms with Crippen LogP contribution in [0.2, 0.25) is 0 Å². The Balaban J connectivity index is 2.24. The second-order valence-electron chi connectivity index (χ2n) is 8.49. The summed E-state index contributed by atoms with van der Waals surface area (Å²) in [4.78, 5) is 25.4. The van der Waals surface area contributed by atoms with Gasteiger partial charge in [0.2, 0.25) is 0 Å². The summed E-state index contributed by atoms with van der Waals surface area (Å²) in [6, 6.07) is 6.91. The summed E-state index contributed by atoms with van der Waals surface area (Å²) in [7, 11) is 0. The standard InChI is InChI=1S/C24H24F3NO5/c1-13(2)28-18-12-16(14(3)10-20(18)32-23(4,5)22(28)31)17-11-15(7-9-21(29)30)6-8-19(17)33-24(25,26)27/h6-13H,1-5H3,(H,29,30)/b9-7+. The number of carbonyl (C=O) groups excluding carboxylic acids is 1. The second-order valence-corrected chi connectivity index (χ2v) is 8.49. The molecule has 1 N–H and O–H groups in total. The summed E-state index contributed by atoms with van der Waals surface area (Å²) in [5, 5.41) is 8.88. The minimum atomic E-state index is -4.93. The molecule has 0 fully saturated rings. The van der Waals surface area contributed by atoms with Crippen LogP contribution in [0.4, 0.5) is 18.9 Å². The molecule has 2 aromatic rings. The normalized spacial score (nSPS) is 15.5. The van der Waals surface area contributed by atoms with Gasteiger partial charge in [0, 0.05) is 17.7 Å². The molecular formula is C24H24F3NO5. The lowest BCUT2D eigenvalue weighted by atomic mass is 9.94. The highest BCUT2D eigenvalue weighted by molar-refractivity contribution is 6.03. The molecule has 1 heterocycles. The molecule has 0 unspecified atom stereocenters. The van der Waals surface area contributed by atoms with Gasteiger partial charge >= 0.3 is 12.3 Å². The molecule has 0 atom stereocenters. The van der Waals surface area contributed by atoms with Crippen LogP contribution < -0.4 is 14.4 Å². The Kier molecular flexibility index (Phi) is 6.19. The molecule has 0 aromatic heterocycles. The predicted octanol–water partition coefficient (Wildman–Crippen LogP) is 5.57. The molecule has 9 heteroatoms. The van der Waals surface area contributed by atoms with Crippen molar-refractivity contribution in [1.29, 1.82) is 0 Å². The van der Waals surface area contributed by atoms with Crippen LogP contribution in [0, 0.1) is 6.92 Å². The fraction of sp³-hybridized carbons (Fsp3) is 0.333. The lowest BCUT2D eigenvalue weighted by Crippen LogP contribution is -2.54. The first kappa shape index (κ1) is 24.2. The highest BCUT2D eigenvalue weighted by Crippen LogP contribution is 2.45. The maximum atomic E-state index is 13.1. The van der Waals surface area contributed by atoms with E-state index in [0.717, 1.165) is 12.1 Å². The van der Waals surface area contributed by atoms with Gasteiger partial charge < -0.3 is 19.5 Å². The number of amides is 1. The van der Waals surface area contributed by atoms with E-state index in [1.807, 2.05) is 13.8 Å². The van der Waals surface area contributed by atoms with Crippen molar-refractivity contribution in [3.05, 3.63) is 47.5 Å². The molecule has 0 spiro atoms. The molecular weight excluding hydrogens is 439 g/mol. The Bertz CT molecular complexity index is 1140. The van der Waals surface area contributed by atoms with E-state index >= 15 is 0 Å². The van der Waals surface area contributed by atoms with Crippen LogP contribution in [0.3, 0.4) is 0 Å². The first-order valence-electron chi connectivity index (χ1n) is 10.2. The molecule has 2 aromatic carbocycles. The highest BCUT2D eigenvalue weighted by Gasteiger charge is 2.42. The number of ether oxygens (including phenoxy) is 2. The molecule has 0 bridgehead atoms. The summed E-state index contributed by atoms with van der Waals surface area (Å²) in [5.74, 6) is -1.47. The number of carbonyl (C=O) groups is 2. The minimum absolute atomic E-state index is 0.0983. The largest absolute Gasteiger partial charge is 0.573 e. The van der Waals surface area contributed by atoms with Gasteiger partial charge in [-0.1, -0.05) is 6.07 Å². The Morgan fingerprint density at radius 1 is 1.18 bits per heavy atom. The number of aryl methyl sites for hydroxylation is 1. The van der Waals surface area contributed by atoms with Gasteiger partial charge in [0.1, 0.15) is 11.5 Å². The van der Waals surface area contributed by atoms with Crippen molar-refractivity contribution in [3.63, 3.8) is 0 Å². The van der Waals surface area contributed by atoms with Gasteiger partial charge in [0.15, 0.2) is 5.60 Å². The van der Waals surface area contributed by atoms with Crippen LogP contribution in [0.5, 0.6) is 11.5 Å². The van der Waals surface area contributed by atoms with Crippen molar-refractivity contribution < 1.29 is 37.3 Å². The number of hydrogen-bond acceptors (Lipinski definition) is 4. The lowest BCUT2D eigenvalue weighted by Gasteiger charge is -2.41. The SMILES string of the molecule is Cc1cc2c(cc1-c1cc(/C=C/C(=O)O)ccc1OC(F)(F)F)N(C(C)C)C(=O)C(C)(C)O2. The van der Waals surface area contributed by atoms with E-state index in [2.05, 4.69) is 4.74 Å². The first-order chi connectivity index (χ1) is 15.2. The van der Waals surface area contributed by atoms with Gasteiger partial charge in [-0.25, -0.2) is 4.79 Å². The van der Waals surface area contributed by atoms with E-state index in [0.29, 0.717) is 28.1 Å². The van der Waals surface area contributed by atoms with Gasteiger partial charge in [-0.2, -0.15) is 0 Å². The van der Waals surface area contributed by atoms with Crippen molar-refractivity contribution in [3.8, 4) is 22.6 Å². The number of hydrogen-bond donors (Lipinski definition) is 1. The fourth-order valence-electron chi connectivity index (χ4n) is 3.70. The van der Waals surface area contributed by atoms with Crippen LogP contribution in [0.15, 0.2) is 36.4 Å². The second kappa shape index (κ2) is 8.46. The van der Waals surface area contributed by atoms with Crippen LogP contribution in [0.25, 0.3) is 17.2 Å². The first-order valence-corrected chi connectivity index (χ1v) is 10.2. The maximum Gasteiger partial charge on any atom is 0.573 e. The van der Waals surface area contributed by atoms with Crippen LogP contribution in [0.1, 0.15) is 38.8 Å². The maximum absolute atomic E-state index is 13.1. The number of carboxylic acid groups (broad SMARTS) is 1. The Morgan fingerprint density at radius 2 is 1.85 bits per heavy atom. The zero-order valence-corrected chi connectivity index (χ0v) is 18.8. The van der Waals surface area contributed by atoms with Crippen LogP contribution in [-0.2, 0) is 9.59 Å². The lowest BCUT2D eigenvalue weighted by molar-refractivity contribution is -0.274. The molecule has 1 aliphatic heterocycles. The zero-order valence-electron chi connectivity index (χ0n) is 18.8. The number of benzene rings is 2. The van der Waals surface area contributed by atoms with E-state index in [-0.39, 0.29) is 17.5 Å². The summed E-state index contributed by atoms with van der Waals surface area (Å²) in [5.41, 5.74) is 0.778. The highest BCUT2D eigenvalue weighted by atomic mass is 19.4. The number of carboxylic acids is 1. The Hall–Kier alpha value is -3.49. The number of fused-ring (bicyclic) bond motifs is 1. The number of halogens is 3. The molecule has 176 valence electrons. The molecule has 6 nitrogen and oxygen atoms in total. The molecule has 0 saturated heterocycles. The van der Waals surface area contributed by atoms with Gasteiger partial charge in [0.25, 0.3) is 5.91 Å². The molecule has 0 saturated carbocycles. The molecule has 0 aliphatic carbocycles. The predicted molar refractivity (Wildman–Crippen MR) is 117 cm³/mol. The third kappa shape index (κ3) is 5.13. The van der Waals surface area contributed by atoms with Crippen molar-refractivity contribution >= 4 is 23.6 Å². The van der Waals surface area contributed by atoms with Crippen molar-refractivity contribution in [2.75, 3.05) is 4.90 Å². The number of rotatable bonds is 5. The van der Waals surface area contributed by atoms with Gasteiger partial charge in [-0.3, -0.25) is 4.79 Å². The number of alkyl halides is 3. The number of aliphatic carboxylic acids is 1. The quantitative estimate of drug-likeness (QED) is 0.587. The van der Waals surface area contributed by atoms with E-state index < -0.39 is 23.7 Å². The molecule has 3 rings (SSSR count). The topological polar surface area (TPSA) is 76.1 Å². The average molecular weight is 463 g/mol. The number of anilines is 1. The van der Waals surface area contributed by atoms with E-state index in [9.17, 15) is 22.8 Å². The summed E-state index contributed by atoms with van der Waals surface area (Å²) in [6.07, 6.45) is -2.77. The third-order valence-corrected chi connectivity index (χ3v) is 5.12. The summed E-state index contributed by atoms with van der Waals surface area (Å²) < 4.78 is 49.4. The van der Waals surface area contributed by atoms with E-state index in [4.69, 9.17) is 9.84 Å². The van der Waals surface area contributed by atoms with Gasteiger partial charge in [0.05, 0.1) is 5.69 Å². The van der Waals surface area contributed by atoms with Crippen LogP contribution >= 0.6 is 0 Å². The molecule has 1 aliphatic rings. The van der Waals surface area contributed by atoms with E-state index in [1.54, 1.807) is 37.8 Å². The Labute approximate surface area is 189 Å². The monoisotopic (exact) mass is 463 g/mol. The molecule has 0 radical (unpaired) electrons. The Morgan fingerprint density at radius 3 is 2.42 bits per heavy atom. The smallest absolute Gasteiger partial charge is 0.478 e. The number of nitrogens with zero attached hydrogens (tertiary/aromatic N) is 1. The van der Waals surface area contributed by atoms with Gasteiger partial charge in [-0.05, 0) is 81.7 Å². The van der Waals surface area contributed by atoms with Gasteiger partial charge in [-0.15, -0.1) is 13.2 Å². The minimum Gasteiger partial charge on any atom is -0.478 e. The van der Waals surface area contributed by atoms with Crippen LogP contribution in [-0.4, -0.2) is 35.0 Å². The zero-order chi connectivity index (χ0) is 24.7. The molecule has 33 heavy (non-hydrogen) atoms. The third-order valence-electron chi connectivity index (χ3n) is 5.12. The summed E-state index contributed by atoms with van der Waals surface area (Å²) in [6.45, 7) is 8.68. The van der Waals surface area contributed by atoms with Crippen molar-refractivity contribution in [2.24, 2.45) is 0 Å². The van der Waals surface area contributed by atoms with Crippen molar-refractivity contribution in [2.45, 2.75) is 52.6 Å². The molecule has 1 amide bonds. The average Bonchev–Trinajstić information content (AvgIpc) is 2.66.